The molecule has 2 heterocycles. The molecule has 3 heteroatoms. The van der Waals surface area contributed by atoms with Gasteiger partial charge in [-0.25, -0.2) is 0 Å². The minimum atomic E-state index is 0.482. The molecule has 3 rings (SSSR count). The molecule has 1 aliphatic carbocycles. The Morgan fingerprint density at radius 2 is 2.28 bits per heavy atom. The van der Waals surface area contributed by atoms with Crippen molar-refractivity contribution in [3.63, 3.8) is 0 Å². The third-order valence-corrected chi connectivity index (χ3v) is 4.12. The highest BCUT2D eigenvalue weighted by atomic mass is 16.5. The largest absolute Gasteiger partial charge is 0.469 e. The van der Waals surface area contributed by atoms with Crippen LogP contribution in [0.3, 0.4) is 0 Å². The topological polar surface area (TPSA) is 34.4 Å². The van der Waals surface area contributed by atoms with Crippen LogP contribution in [0.25, 0.3) is 0 Å². The van der Waals surface area contributed by atoms with Crippen molar-refractivity contribution >= 4 is 0 Å². The second kappa shape index (κ2) is 5.45. The van der Waals surface area contributed by atoms with Gasteiger partial charge in [-0.15, -0.1) is 0 Å². The minimum Gasteiger partial charge on any atom is -0.469 e. The maximum atomic E-state index is 5.86. The summed E-state index contributed by atoms with van der Waals surface area (Å²) in [6, 6.07) is 5.12. The first-order chi connectivity index (χ1) is 8.83. The van der Waals surface area contributed by atoms with Gasteiger partial charge in [0.15, 0.2) is 0 Å². The van der Waals surface area contributed by atoms with Gasteiger partial charge in [-0.3, -0.25) is 0 Å². The van der Waals surface area contributed by atoms with Crippen LogP contribution >= 0.6 is 0 Å². The number of hydrogen-bond acceptors (Lipinski definition) is 3. The lowest BCUT2D eigenvalue weighted by molar-refractivity contribution is 0.0790. The van der Waals surface area contributed by atoms with E-state index in [2.05, 4.69) is 18.3 Å². The summed E-state index contributed by atoms with van der Waals surface area (Å²) in [5.74, 6) is 1.92. The van der Waals surface area contributed by atoms with Crippen molar-refractivity contribution in [2.24, 2.45) is 5.92 Å². The average molecular weight is 249 g/mol. The van der Waals surface area contributed by atoms with E-state index in [9.17, 15) is 0 Å². The molecular weight excluding hydrogens is 226 g/mol. The maximum absolute atomic E-state index is 5.86. The Balaban J connectivity index is 1.43. The van der Waals surface area contributed by atoms with Gasteiger partial charge >= 0.3 is 0 Å². The molecule has 3 unspecified atom stereocenters. The zero-order valence-electron chi connectivity index (χ0n) is 11.1. The zero-order valence-corrected chi connectivity index (χ0v) is 11.1. The average Bonchev–Trinajstić information content (AvgIpc) is 2.90. The van der Waals surface area contributed by atoms with Crippen molar-refractivity contribution in [1.82, 2.24) is 5.32 Å². The Hall–Kier alpha value is -0.800. The molecule has 0 bridgehead atoms. The van der Waals surface area contributed by atoms with Crippen LogP contribution in [-0.2, 0) is 11.2 Å². The van der Waals surface area contributed by atoms with Gasteiger partial charge in [0.2, 0.25) is 0 Å². The number of ether oxygens (including phenoxy) is 1. The van der Waals surface area contributed by atoms with Crippen molar-refractivity contribution in [2.45, 2.75) is 57.2 Å². The Kier molecular flexibility index (Phi) is 3.71. The van der Waals surface area contributed by atoms with Gasteiger partial charge in [0.05, 0.1) is 12.4 Å². The number of furan rings is 1. The summed E-state index contributed by atoms with van der Waals surface area (Å²) < 4.78 is 11.2. The number of hydrogen-bond donors (Lipinski definition) is 1. The summed E-state index contributed by atoms with van der Waals surface area (Å²) in [4.78, 5) is 0. The molecule has 3 nitrogen and oxygen atoms in total. The van der Waals surface area contributed by atoms with Gasteiger partial charge in [-0.2, -0.15) is 0 Å². The summed E-state index contributed by atoms with van der Waals surface area (Å²) in [6.07, 6.45) is 8.28. The van der Waals surface area contributed by atoms with Gasteiger partial charge in [0.1, 0.15) is 5.76 Å². The smallest absolute Gasteiger partial charge is 0.103 e. The fourth-order valence-corrected chi connectivity index (χ4v) is 2.94. The molecular formula is C15H23NO2. The predicted octanol–water partition coefficient (Wildman–Crippen LogP) is 2.76. The van der Waals surface area contributed by atoms with Crippen LogP contribution in [0, 0.1) is 5.92 Å². The molecule has 2 fully saturated rings. The maximum Gasteiger partial charge on any atom is 0.103 e. The van der Waals surface area contributed by atoms with E-state index in [1.807, 2.05) is 6.07 Å². The molecule has 1 aliphatic heterocycles. The van der Waals surface area contributed by atoms with Crippen LogP contribution in [0.5, 0.6) is 0 Å². The quantitative estimate of drug-likeness (QED) is 0.842. The van der Waals surface area contributed by atoms with E-state index in [0.717, 1.165) is 31.1 Å². The molecule has 1 saturated heterocycles. The molecule has 1 saturated carbocycles. The third-order valence-electron chi connectivity index (χ3n) is 4.12. The standard InChI is InChI=1S/C15H23NO2/c1-11(4-7-13-3-2-9-17-13)16-14-8-10-18-15(14)12-5-6-12/h2-3,9,11-12,14-16H,4-8,10H2,1H3. The van der Waals surface area contributed by atoms with E-state index < -0.39 is 0 Å². The summed E-state index contributed by atoms with van der Waals surface area (Å²) in [5, 5.41) is 3.75. The zero-order chi connectivity index (χ0) is 12.4. The molecule has 1 aromatic rings. The molecule has 1 aromatic heterocycles. The second-order valence-corrected chi connectivity index (χ2v) is 5.75. The lowest BCUT2D eigenvalue weighted by atomic mass is 10.0. The first-order valence-electron chi connectivity index (χ1n) is 7.23. The van der Waals surface area contributed by atoms with E-state index in [4.69, 9.17) is 9.15 Å². The molecule has 0 aromatic carbocycles. The number of aryl methyl sites for hydroxylation is 1. The molecule has 100 valence electrons. The van der Waals surface area contributed by atoms with E-state index in [-0.39, 0.29) is 0 Å². The molecule has 0 amide bonds. The van der Waals surface area contributed by atoms with Gasteiger partial charge in [0.25, 0.3) is 0 Å². The first kappa shape index (κ1) is 12.2. The fraction of sp³-hybridized carbons (Fsp3) is 0.733. The van der Waals surface area contributed by atoms with Crippen molar-refractivity contribution in [3.8, 4) is 0 Å². The Bertz CT molecular complexity index is 359. The van der Waals surface area contributed by atoms with Crippen molar-refractivity contribution in [1.29, 1.82) is 0 Å². The number of nitrogens with one attached hydrogen (secondary N) is 1. The second-order valence-electron chi connectivity index (χ2n) is 5.75. The van der Waals surface area contributed by atoms with E-state index in [1.165, 1.54) is 19.3 Å². The van der Waals surface area contributed by atoms with Crippen LogP contribution in [0.4, 0.5) is 0 Å². The van der Waals surface area contributed by atoms with Gasteiger partial charge < -0.3 is 14.5 Å². The molecule has 0 spiro atoms. The van der Waals surface area contributed by atoms with Gasteiger partial charge in [-0.1, -0.05) is 0 Å². The van der Waals surface area contributed by atoms with E-state index in [1.54, 1.807) is 6.26 Å². The molecule has 3 atom stereocenters. The SMILES string of the molecule is CC(CCc1ccco1)NC1CCOC1C1CC1. The summed E-state index contributed by atoms with van der Waals surface area (Å²) in [7, 11) is 0. The Labute approximate surface area is 109 Å². The monoisotopic (exact) mass is 249 g/mol. The predicted molar refractivity (Wildman–Crippen MR) is 70.5 cm³/mol. The summed E-state index contributed by atoms with van der Waals surface area (Å²) in [5.41, 5.74) is 0. The van der Waals surface area contributed by atoms with Crippen LogP contribution < -0.4 is 5.32 Å². The highest BCUT2D eigenvalue weighted by Gasteiger charge is 2.40. The third kappa shape index (κ3) is 2.96. The molecule has 18 heavy (non-hydrogen) atoms. The normalized spacial score (nSPS) is 29.6. The highest BCUT2D eigenvalue weighted by Crippen LogP contribution is 2.38. The van der Waals surface area contributed by atoms with Crippen LogP contribution in [0.1, 0.15) is 38.4 Å². The van der Waals surface area contributed by atoms with Crippen LogP contribution in [-0.4, -0.2) is 24.8 Å². The lowest BCUT2D eigenvalue weighted by Crippen LogP contribution is -2.42. The summed E-state index contributed by atoms with van der Waals surface area (Å²) >= 11 is 0. The molecule has 0 radical (unpaired) electrons. The number of rotatable bonds is 6. The first-order valence-corrected chi connectivity index (χ1v) is 7.23. The van der Waals surface area contributed by atoms with Crippen molar-refractivity contribution in [2.75, 3.05) is 6.61 Å². The van der Waals surface area contributed by atoms with Gasteiger partial charge in [0, 0.05) is 25.1 Å². The fourth-order valence-electron chi connectivity index (χ4n) is 2.94. The summed E-state index contributed by atoms with van der Waals surface area (Å²) in [6.45, 7) is 3.20. The Morgan fingerprint density at radius 1 is 1.39 bits per heavy atom. The molecule has 1 N–H and O–H groups in total. The van der Waals surface area contributed by atoms with Gasteiger partial charge in [-0.05, 0) is 50.7 Å². The minimum absolute atomic E-state index is 0.482. The lowest BCUT2D eigenvalue weighted by Gasteiger charge is -2.23. The van der Waals surface area contributed by atoms with Crippen LogP contribution in [0.2, 0.25) is 0 Å². The van der Waals surface area contributed by atoms with E-state index >= 15 is 0 Å². The van der Waals surface area contributed by atoms with Crippen molar-refractivity contribution < 1.29 is 9.15 Å². The van der Waals surface area contributed by atoms with E-state index in [0.29, 0.717) is 18.2 Å². The highest BCUT2D eigenvalue weighted by molar-refractivity contribution is 4.99. The van der Waals surface area contributed by atoms with Crippen LogP contribution in [0.15, 0.2) is 22.8 Å². The van der Waals surface area contributed by atoms with Crippen molar-refractivity contribution in [3.05, 3.63) is 24.2 Å². The molecule has 2 aliphatic rings. The Morgan fingerprint density at radius 3 is 3.00 bits per heavy atom.